The standard InChI is InChI=1S/C6H10O2S/c1-5(7)6(8)3-4-9-2/h7H,1,3-4H2,2H3. The van der Waals surface area contributed by atoms with Crippen LogP contribution in [-0.2, 0) is 4.79 Å². The quantitative estimate of drug-likeness (QED) is 0.481. The highest BCUT2D eigenvalue weighted by Crippen LogP contribution is 1.99. The largest absolute Gasteiger partial charge is 0.505 e. The molecule has 0 atom stereocenters. The Morgan fingerprint density at radius 3 is 2.67 bits per heavy atom. The molecule has 0 aromatic rings. The summed E-state index contributed by atoms with van der Waals surface area (Å²) in [5.41, 5.74) is 0. The predicted octanol–water partition coefficient (Wildman–Crippen LogP) is 1.38. The topological polar surface area (TPSA) is 37.3 Å². The number of rotatable bonds is 4. The van der Waals surface area contributed by atoms with E-state index in [0.717, 1.165) is 5.75 Å². The van der Waals surface area contributed by atoms with Crippen LogP contribution in [0.4, 0.5) is 0 Å². The van der Waals surface area contributed by atoms with Gasteiger partial charge in [-0.1, -0.05) is 6.58 Å². The minimum atomic E-state index is -0.330. The summed E-state index contributed by atoms with van der Waals surface area (Å²) >= 11 is 1.57. The molecule has 0 aliphatic rings. The van der Waals surface area contributed by atoms with Crippen molar-refractivity contribution in [3.8, 4) is 0 Å². The van der Waals surface area contributed by atoms with E-state index in [-0.39, 0.29) is 11.5 Å². The van der Waals surface area contributed by atoms with Crippen LogP contribution in [0.15, 0.2) is 12.3 Å². The van der Waals surface area contributed by atoms with E-state index in [9.17, 15) is 4.79 Å². The van der Waals surface area contributed by atoms with Crippen molar-refractivity contribution in [3.63, 3.8) is 0 Å². The van der Waals surface area contributed by atoms with Gasteiger partial charge in [0.15, 0.2) is 11.5 Å². The van der Waals surface area contributed by atoms with Crippen LogP contribution in [0.3, 0.4) is 0 Å². The Kier molecular flexibility index (Phi) is 4.22. The molecule has 0 aromatic carbocycles. The second kappa shape index (κ2) is 4.44. The maximum Gasteiger partial charge on any atom is 0.197 e. The van der Waals surface area contributed by atoms with E-state index in [0.29, 0.717) is 6.42 Å². The van der Waals surface area contributed by atoms with Gasteiger partial charge in [0, 0.05) is 12.2 Å². The number of Topliss-reactive ketones (excluding diaryl/α,β-unsaturated/α-hetero) is 1. The molecule has 0 aliphatic heterocycles. The summed E-state index contributed by atoms with van der Waals surface area (Å²) in [6, 6.07) is 0. The normalized spacial score (nSPS) is 9.00. The average molecular weight is 146 g/mol. The van der Waals surface area contributed by atoms with Crippen molar-refractivity contribution in [3.05, 3.63) is 12.3 Å². The summed E-state index contributed by atoms with van der Waals surface area (Å²) in [5, 5.41) is 8.49. The molecule has 0 fully saturated rings. The monoisotopic (exact) mass is 146 g/mol. The van der Waals surface area contributed by atoms with Gasteiger partial charge in [-0.05, 0) is 6.26 Å². The lowest BCUT2D eigenvalue weighted by atomic mass is 10.3. The van der Waals surface area contributed by atoms with E-state index in [1.165, 1.54) is 0 Å². The molecule has 9 heavy (non-hydrogen) atoms. The van der Waals surface area contributed by atoms with Crippen molar-refractivity contribution in [2.75, 3.05) is 12.0 Å². The van der Waals surface area contributed by atoms with Crippen molar-refractivity contribution in [1.29, 1.82) is 0 Å². The molecule has 0 aromatic heterocycles. The second-order valence-corrected chi connectivity index (χ2v) is 2.60. The molecule has 0 saturated carbocycles. The Labute approximate surface area is 59.0 Å². The number of aliphatic hydroxyl groups is 1. The summed E-state index contributed by atoms with van der Waals surface area (Å²) in [6.45, 7) is 3.10. The molecule has 0 bridgehead atoms. The molecule has 0 amide bonds. The number of thioether (sulfide) groups is 1. The van der Waals surface area contributed by atoms with Gasteiger partial charge in [0.05, 0.1) is 0 Å². The highest BCUT2D eigenvalue weighted by molar-refractivity contribution is 7.98. The van der Waals surface area contributed by atoms with Gasteiger partial charge >= 0.3 is 0 Å². The van der Waals surface area contributed by atoms with E-state index in [1.54, 1.807) is 11.8 Å². The number of ketones is 1. The summed E-state index contributed by atoms with van der Waals surface area (Å²) in [7, 11) is 0. The third kappa shape index (κ3) is 4.09. The van der Waals surface area contributed by atoms with Crippen molar-refractivity contribution in [1.82, 2.24) is 0 Å². The number of allylic oxidation sites excluding steroid dienone is 1. The maximum atomic E-state index is 10.5. The maximum absolute atomic E-state index is 10.5. The first-order valence-corrected chi connectivity index (χ1v) is 3.98. The minimum absolute atomic E-state index is 0.260. The Balaban J connectivity index is 3.39. The lowest BCUT2D eigenvalue weighted by Crippen LogP contribution is -2.01. The zero-order valence-electron chi connectivity index (χ0n) is 5.39. The molecule has 0 aliphatic carbocycles. The van der Waals surface area contributed by atoms with Gasteiger partial charge in [-0.15, -0.1) is 0 Å². The van der Waals surface area contributed by atoms with Crippen molar-refractivity contribution >= 4 is 17.5 Å². The van der Waals surface area contributed by atoms with Crippen LogP contribution >= 0.6 is 11.8 Å². The van der Waals surface area contributed by atoms with Gasteiger partial charge in [-0.2, -0.15) is 11.8 Å². The van der Waals surface area contributed by atoms with Crippen LogP contribution in [0.25, 0.3) is 0 Å². The molecule has 0 radical (unpaired) electrons. The van der Waals surface area contributed by atoms with Crippen LogP contribution in [-0.4, -0.2) is 22.9 Å². The molecule has 3 heteroatoms. The molecule has 52 valence electrons. The van der Waals surface area contributed by atoms with Crippen molar-refractivity contribution in [2.45, 2.75) is 6.42 Å². The van der Waals surface area contributed by atoms with Gasteiger partial charge in [-0.25, -0.2) is 0 Å². The SMILES string of the molecule is C=C(O)C(=O)CCSC. The van der Waals surface area contributed by atoms with Crippen LogP contribution in [0.5, 0.6) is 0 Å². The van der Waals surface area contributed by atoms with Gasteiger partial charge in [0.25, 0.3) is 0 Å². The van der Waals surface area contributed by atoms with Crippen molar-refractivity contribution < 1.29 is 9.90 Å². The average Bonchev–Trinajstić information content (AvgIpc) is 1.82. The van der Waals surface area contributed by atoms with E-state index >= 15 is 0 Å². The third-order valence-electron chi connectivity index (χ3n) is 0.855. The number of carbonyl (C=O) groups excluding carboxylic acids is 1. The molecule has 2 nitrogen and oxygen atoms in total. The Bertz CT molecular complexity index is 120. The Morgan fingerprint density at radius 1 is 1.78 bits per heavy atom. The molecule has 0 unspecified atom stereocenters. The number of hydrogen-bond acceptors (Lipinski definition) is 3. The fraction of sp³-hybridized carbons (Fsp3) is 0.500. The van der Waals surface area contributed by atoms with Crippen LogP contribution in [0, 0.1) is 0 Å². The van der Waals surface area contributed by atoms with Crippen LogP contribution < -0.4 is 0 Å². The molecule has 0 rings (SSSR count). The van der Waals surface area contributed by atoms with Gasteiger partial charge in [0.2, 0.25) is 0 Å². The summed E-state index contributed by atoms with van der Waals surface area (Å²) in [4.78, 5) is 10.5. The first-order chi connectivity index (χ1) is 4.18. The molecular formula is C6H10O2S. The molecule has 1 N–H and O–H groups in total. The smallest absolute Gasteiger partial charge is 0.197 e. The van der Waals surface area contributed by atoms with Gasteiger partial charge in [-0.3, -0.25) is 4.79 Å². The zero-order chi connectivity index (χ0) is 7.28. The first kappa shape index (κ1) is 8.56. The molecular weight excluding hydrogens is 136 g/mol. The van der Waals surface area contributed by atoms with E-state index in [2.05, 4.69) is 6.58 Å². The van der Waals surface area contributed by atoms with Gasteiger partial charge < -0.3 is 5.11 Å². The number of aliphatic hydroxyl groups excluding tert-OH is 1. The van der Waals surface area contributed by atoms with E-state index in [4.69, 9.17) is 5.11 Å². The Hall–Kier alpha value is -0.440. The molecule has 0 saturated heterocycles. The highest BCUT2D eigenvalue weighted by Gasteiger charge is 2.02. The summed E-state index contributed by atoms with van der Waals surface area (Å²) < 4.78 is 0. The van der Waals surface area contributed by atoms with E-state index < -0.39 is 0 Å². The zero-order valence-corrected chi connectivity index (χ0v) is 6.20. The fourth-order valence-electron chi connectivity index (χ4n) is 0.339. The summed E-state index contributed by atoms with van der Waals surface area (Å²) in [5.74, 6) is 0.159. The van der Waals surface area contributed by atoms with E-state index in [1.807, 2.05) is 6.26 Å². The third-order valence-corrected chi connectivity index (χ3v) is 1.47. The van der Waals surface area contributed by atoms with Crippen LogP contribution in [0.1, 0.15) is 6.42 Å². The Morgan fingerprint density at radius 2 is 2.33 bits per heavy atom. The first-order valence-electron chi connectivity index (χ1n) is 2.58. The number of carbonyl (C=O) groups is 1. The predicted molar refractivity (Wildman–Crippen MR) is 39.8 cm³/mol. The second-order valence-electron chi connectivity index (χ2n) is 1.61. The molecule has 0 heterocycles. The minimum Gasteiger partial charge on any atom is -0.505 e. The fourth-order valence-corrected chi connectivity index (χ4v) is 0.729. The van der Waals surface area contributed by atoms with Crippen LogP contribution in [0.2, 0.25) is 0 Å². The lowest BCUT2D eigenvalue weighted by molar-refractivity contribution is -0.117. The lowest BCUT2D eigenvalue weighted by Gasteiger charge is -1.93. The molecule has 0 spiro atoms. The summed E-state index contributed by atoms with van der Waals surface area (Å²) in [6.07, 6.45) is 2.30. The van der Waals surface area contributed by atoms with Crippen molar-refractivity contribution in [2.24, 2.45) is 0 Å². The number of hydrogen-bond donors (Lipinski definition) is 1. The van der Waals surface area contributed by atoms with Gasteiger partial charge in [0.1, 0.15) is 0 Å². The highest BCUT2D eigenvalue weighted by atomic mass is 32.2.